The van der Waals surface area contributed by atoms with Gasteiger partial charge in [-0.05, 0) is 45.2 Å². The molecule has 4 heterocycles. The van der Waals surface area contributed by atoms with Crippen LogP contribution in [0.15, 0.2) is 45.7 Å². The molecule has 0 bridgehead atoms. The lowest BCUT2D eigenvalue weighted by Gasteiger charge is -2.27. The van der Waals surface area contributed by atoms with Crippen molar-refractivity contribution in [2.24, 2.45) is 0 Å². The Labute approximate surface area is 188 Å². The molecule has 1 saturated heterocycles. The molecule has 1 aliphatic heterocycles. The van der Waals surface area contributed by atoms with E-state index in [0.29, 0.717) is 5.75 Å². The van der Waals surface area contributed by atoms with E-state index >= 15 is 0 Å². The Kier molecular flexibility index (Phi) is 5.54. The third-order valence-electron chi connectivity index (χ3n) is 5.53. The Bertz CT molecular complexity index is 1270. The van der Waals surface area contributed by atoms with Gasteiger partial charge in [-0.2, -0.15) is 0 Å². The average Bonchev–Trinajstić information content (AvgIpc) is 3.37. The third kappa shape index (κ3) is 3.99. The zero-order chi connectivity index (χ0) is 21.4. The summed E-state index contributed by atoms with van der Waals surface area (Å²) >= 11 is 3.06. The zero-order valence-corrected chi connectivity index (χ0v) is 19.2. The molecule has 31 heavy (non-hydrogen) atoms. The predicted molar refractivity (Wildman–Crippen MR) is 126 cm³/mol. The molecule has 7 nitrogen and oxygen atoms in total. The molecule has 9 heteroatoms. The van der Waals surface area contributed by atoms with Crippen molar-refractivity contribution in [3.63, 3.8) is 0 Å². The molecule has 0 amide bonds. The Morgan fingerprint density at radius 3 is 2.61 bits per heavy atom. The van der Waals surface area contributed by atoms with Gasteiger partial charge in [-0.15, -0.1) is 21.5 Å². The van der Waals surface area contributed by atoms with Crippen LogP contribution in [-0.4, -0.2) is 37.2 Å². The molecule has 160 valence electrons. The Morgan fingerprint density at radius 2 is 1.84 bits per heavy atom. The van der Waals surface area contributed by atoms with E-state index in [4.69, 9.17) is 0 Å². The maximum absolute atomic E-state index is 12.5. The summed E-state index contributed by atoms with van der Waals surface area (Å²) in [5, 5.41) is 11.8. The maximum Gasteiger partial charge on any atom is 0.258 e. The highest BCUT2D eigenvalue weighted by Gasteiger charge is 2.22. The molecule has 0 spiro atoms. The fraction of sp³-hybridized carbons (Fsp3) is 0.364. The molecule has 3 aromatic heterocycles. The monoisotopic (exact) mass is 452 g/mol. The third-order valence-corrected chi connectivity index (χ3v) is 7.43. The number of benzene rings is 1. The lowest BCUT2D eigenvalue weighted by molar-refractivity contribution is 0.564. The van der Waals surface area contributed by atoms with Gasteiger partial charge in [-0.3, -0.25) is 13.8 Å². The Hall–Kier alpha value is -2.65. The molecule has 1 aliphatic rings. The van der Waals surface area contributed by atoms with E-state index in [0.717, 1.165) is 46.2 Å². The first-order valence-corrected chi connectivity index (χ1v) is 12.3. The van der Waals surface area contributed by atoms with Crippen LogP contribution in [-0.2, 0) is 5.75 Å². The first kappa shape index (κ1) is 20.3. The second-order valence-electron chi connectivity index (χ2n) is 7.87. The SMILES string of the molecule is Cc1ccc(-n2c(SCc3cc(=O)n4c(C)csc4n3)nnc2N2CCCCC2)cc1. The minimum absolute atomic E-state index is 0.0339. The molecule has 0 aliphatic carbocycles. The van der Waals surface area contributed by atoms with Gasteiger partial charge in [0.25, 0.3) is 5.56 Å². The van der Waals surface area contributed by atoms with Crippen molar-refractivity contribution >= 4 is 34.0 Å². The van der Waals surface area contributed by atoms with Crippen molar-refractivity contribution in [2.45, 2.75) is 44.0 Å². The lowest BCUT2D eigenvalue weighted by atomic mass is 10.1. The Balaban J connectivity index is 1.48. The van der Waals surface area contributed by atoms with Gasteiger partial charge in [-0.25, -0.2) is 4.98 Å². The number of rotatable bonds is 5. The van der Waals surface area contributed by atoms with Gasteiger partial charge in [0.05, 0.1) is 11.4 Å². The maximum atomic E-state index is 12.5. The van der Waals surface area contributed by atoms with Crippen LogP contribution in [0.2, 0.25) is 0 Å². The molecule has 0 radical (unpaired) electrons. The molecular weight excluding hydrogens is 428 g/mol. The minimum atomic E-state index is -0.0339. The van der Waals surface area contributed by atoms with E-state index in [2.05, 4.69) is 55.8 Å². The molecule has 5 rings (SSSR count). The number of nitrogens with zero attached hydrogens (tertiary/aromatic N) is 6. The highest BCUT2D eigenvalue weighted by atomic mass is 32.2. The first-order chi connectivity index (χ1) is 15.1. The van der Waals surface area contributed by atoms with Crippen LogP contribution >= 0.6 is 23.1 Å². The van der Waals surface area contributed by atoms with Crippen molar-refractivity contribution in [1.82, 2.24) is 24.1 Å². The van der Waals surface area contributed by atoms with E-state index in [1.54, 1.807) is 22.2 Å². The van der Waals surface area contributed by atoms with Crippen molar-refractivity contribution in [3.05, 3.63) is 63.0 Å². The molecular formula is C22H24N6OS2. The molecule has 0 saturated carbocycles. The second-order valence-corrected chi connectivity index (χ2v) is 9.65. The summed E-state index contributed by atoms with van der Waals surface area (Å²) < 4.78 is 3.79. The summed E-state index contributed by atoms with van der Waals surface area (Å²) in [6.45, 7) is 6.01. The second kappa shape index (κ2) is 8.47. The van der Waals surface area contributed by atoms with E-state index in [9.17, 15) is 4.79 Å². The predicted octanol–water partition coefficient (Wildman–Crippen LogP) is 4.24. The van der Waals surface area contributed by atoms with Crippen molar-refractivity contribution < 1.29 is 0 Å². The molecule has 4 aromatic rings. The van der Waals surface area contributed by atoms with Gasteiger partial charge in [0.1, 0.15) is 0 Å². The van der Waals surface area contributed by atoms with Gasteiger partial charge >= 0.3 is 0 Å². The molecule has 1 aromatic carbocycles. The number of aromatic nitrogens is 5. The quantitative estimate of drug-likeness (QED) is 0.422. The number of thiazole rings is 1. The first-order valence-electron chi connectivity index (χ1n) is 10.5. The summed E-state index contributed by atoms with van der Waals surface area (Å²) in [6, 6.07) is 10.1. The normalized spacial score (nSPS) is 14.5. The van der Waals surface area contributed by atoms with Crippen LogP contribution in [0.1, 0.15) is 36.2 Å². The standard InChI is InChI=1S/C22H24N6OS2/c1-15-6-8-18(9-7-15)28-20(26-10-4-3-5-11-26)24-25-22(28)31-14-17-12-19(29)27-16(2)13-30-21(27)23-17/h6-9,12-13H,3-5,10-11,14H2,1-2H3. The highest BCUT2D eigenvalue weighted by Crippen LogP contribution is 2.30. The number of thioether (sulfide) groups is 1. The lowest BCUT2D eigenvalue weighted by Crippen LogP contribution is -2.31. The Morgan fingerprint density at radius 1 is 1.06 bits per heavy atom. The van der Waals surface area contributed by atoms with Crippen LogP contribution in [0.25, 0.3) is 10.6 Å². The molecule has 0 atom stereocenters. The topological polar surface area (TPSA) is 68.3 Å². The van der Waals surface area contributed by atoms with Gasteiger partial charge in [-0.1, -0.05) is 29.5 Å². The smallest absolute Gasteiger partial charge is 0.258 e. The van der Waals surface area contributed by atoms with Crippen LogP contribution < -0.4 is 10.5 Å². The number of anilines is 1. The fourth-order valence-corrected chi connectivity index (χ4v) is 5.62. The van der Waals surface area contributed by atoms with Crippen LogP contribution in [0.3, 0.4) is 0 Å². The summed E-state index contributed by atoms with van der Waals surface area (Å²) in [6.07, 6.45) is 3.62. The van der Waals surface area contributed by atoms with E-state index in [1.807, 2.05) is 12.3 Å². The van der Waals surface area contributed by atoms with Crippen molar-refractivity contribution in [2.75, 3.05) is 18.0 Å². The number of piperidine rings is 1. The summed E-state index contributed by atoms with van der Waals surface area (Å²) in [4.78, 5) is 20.2. The van der Waals surface area contributed by atoms with Gasteiger partial charge in [0.2, 0.25) is 5.95 Å². The highest BCUT2D eigenvalue weighted by molar-refractivity contribution is 7.98. The molecule has 1 fully saturated rings. The number of aryl methyl sites for hydroxylation is 2. The van der Waals surface area contributed by atoms with E-state index < -0.39 is 0 Å². The molecule has 0 unspecified atom stereocenters. The van der Waals surface area contributed by atoms with Crippen LogP contribution in [0, 0.1) is 13.8 Å². The van der Waals surface area contributed by atoms with E-state index in [-0.39, 0.29) is 5.56 Å². The van der Waals surface area contributed by atoms with Gasteiger partial charge in [0, 0.05) is 36.0 Å². The zero-order valence-electron chi connectivity index (χ0n) is 17.6. The van der Waals surface area contributed by atoms with Crippen molar-refractivity contribution in [1.29, 1.82) is 0 Å². The largest absolute Gasteiger partial charge is 0.341 e. The number of hydrogen-bond donors (Lipinski definition) is 0. The van der Waals surface area contributed by atoms with Crippen LogP contribution in [0.4, 0.5) is 5.95 Å². The van der Waals surface area contributed by atoms with Crippen molar-refractivity contribution in [3.8, 4) is 5.69 Å². The summed E-state index contributed by atoms with van der Waals surface area (Å²) in [5.74, 6) is 1.45. The fourth-order valence-electron chi connectivity index (χ4n) is 3.89. The van der Waals surface area contributed by atoms with E-state index in [1.165, 1.54) is 36.2 Å². The summed E-state index contributed by atoms with van der Waals surface area (Å²) in [7, 11) is 0. The number of fused-ring (bicyclic) bond motifs is 1. The number of hydrogen-bond acceptors (Lipinski definition) is 7. The minimum Gasteiger partial charge on any atom is -0.341 e. The average molecular weight is 453 g/mol. The van der Waals surface area contributed by atoms with Gasteiger partial charge < -0.3 is 4.90 Å². The summed E-state index contributed by atoms with van der Waals surface area (Å²) in [5.41, 5.74) is 3.91. The van der Waals surface area contributed by atoms with Crippen LogP contribution in [0.5, 0.6) is 0 Å². The van der Waals surface area contributed by atoms with Gasteiger partial charge in [0.15, 0.2) is 10.1 Å². The molecule has 0 N–H and O–H groups in total.